The van der Waals surface area contributed by atoms with Gasteiger partial charge in [-0.1, -0.05) is 0 Å². The minimum Gasteiger partial charge on any atom is -0.403 e. The molecule has 0 bridgehead atoms. The molecule has 0 aromatic rings. The van der Waals surface area contributed by atoms with Gasteiger partial charge in [-0.15, -0.1) is 0 Å². The van der Waals surface area contributed by atoms with Crippen LogP contribution in [0.25, 0.3) is 0 Å². The van der Waals surface area contributed by atoms with Gasteiger partial charge in [0.2, 0.25) is 11.6 Å². The van der Waals surface area contributed by atoms with Crippen molar-refractivity contribution < 1.29 is 27.0 Å². The second-order valence-corrected chi connectivity index (χ2v) is 10.1. The highest BCUT2D eigenvalue weighted by Crippen LogP contribution is 2.33. The summed E-state index contributed by atoms with van der Waals surface area (Å²) < 4.78 is 19.7. The van der Waals surface area contributed by atoms with E-state index in [0.717, 1.165) is 39.3 Å². The smallest absolute Gasteiger partial charge is 0.403 e. The first-order valence-electron chi connectivity index (χ1n) is 8.50. The van der Waals surface area contributed by atoms with Crippen LogP contribution in [-0.2, 0) is 27.0 Å². The predicted molar refractivity (Wildman–Crippen MR) is 97.6 cm³/mol. The van der Waals surface area contributed by atoms with Crippen molar-refractivity contribution in [3.63, 3.8) is 0 Å². The maximum absolute atomic E-state index is 12.4. The third-order valence-electron chi connectivity index (χ3n) is 4.49. The van der Waals surface area contributed by atoms with Crippen molar-refractivity contribution in [3.05, 3.63) is 23.2 Å². The van der Waals surface area contributed by atoms with Gasteiger partial charge >= 0.3 is 9.05 Å². The Balaban J connectivity index is 0.000000188. The van der Waals surface area contributed by atoms with Crippen molar-refractivity contribution in [1.82, 2.24) is 14.7 Å². The van der Waals surface area contributed by atoms with E-state index in [9.17, 15) is 9.59 Å². The molecule has 0 N–H and O–H groups in total. The fraction of sp³-hybridized carbons (Fsp3) is 0.600. The maximum atomic E-state index is 12.4. The minimum atomic E-state index is -2.63. The van der Waals surface area contributed by atoms with Crippen LogP contribution in [0.5, 0.6) is 0 Å². The lowest BCUT2D eigenvalue weighted by Crippen LogP contribution is -2.45. The Morgan fingerprint density at radius 2 is 1.31 bits per heavy atom. The molecular weight excluding hydrogens is 374 g/mol. The lowest BCUT2D eigenvalue weighted by Gasteiger charge is -2.21. The summed E-state index contributed by atoms with van der Waals surface area (Å²) in [7, 11) is 2.47. The number of hydrogen-bond acceptors (Lipinski definition) is 9. The fourth-order valence-electron chi connectivity index (χ4n) is 2.78. The first kappa shape index (κ1) is 19.3. The number of ketones is 2. The van der Waals surface area contributed by atoms with Crippen molar-refractivity contribution >= 4 is 31.1 Å². The van der Waals surface area contributed by atoms with E-state index >= 15 is 0 Å². The Hall–Kier alpha value is -1.51. The third kappa shape index (κ3) is 3.92. The van der Waals surface area contributed by atoms with Crippen molar-refractivity contribution in [2.75, 3.05) is 60.6 Å². The number of allylic oxidation sites excluding steroid dienone is 1. The molecule has 3 saturated heterocycles. The molecule has 11 heteroatoms. The van der Waals surface area contributed by atoms with Gasteiger partial charge in [-0.2, -0.15) is 0 Å². The molecule has 9 nitrogen and oxygen atoms in total. The summed E-state index contributed by atoms with van der Waals surface area (Å²) in [5.41, 5.74) is 1.89. The number of rotatable bonds is 7. The van der Waals surface area contributed by atoms with Gasteiger partial charge in [0.05, 0.1) is 5.70 Å². The van der Waals surface area contributed by atoms with Gasteiger partial charge in [0.1, 0.15) is 21.9 Å². The molecule has 1 aliphatic carbocycles. The van der Waals surface area contributed by atoms with Crippen molar-refractivity contribution in [2.24, 2.45) is 0 Å². The number of nitrogens with zero attached hydrogens (tertiary/aromatic N) is 3. The predicted octanol–water partition coefficient (Wildman–Crippen LogP) is -2.16. The standard InChI is InChI=1S/C12H13N3O2.C3H12O4Si2/c16-9-7-8(13-1-2-13)12(17)11(15-5-6-15)10(9)14-3-4-14;1-4-9(5-2,6-3)7-8/h7H,1-6H2;1-3,8H3. The maximum Gasteiger partial charge on any atom is 0.667 e. The van der Waals surface area contributed by atoms with Crippen LogP contribution >= 0.6 is 0 Å². The lowest BCUT2D eigenvalue weighted by molar-refractivity contribution is -0.117. The van der Waals surface area contributed by atoms with Gasteiger partial charge in [-0.25, -0.2) is 0 Å². The van der Waals surface area contributed by atoms with Crippen molar-refractivity contribution in [2.45, 2.75) is 0 Å². The summed E-state index contributed by atoms with van der Waals surface area (Å²) in [5, 5.41) is 0. The highest BCUT2D eigenvalue weighted by atomic mass is 28.4. The average molecular weight is 400 g/mol. The van der Waals surface area contributed by atoms with Crippen LogP contribution in [0, 0.1) is 0 Å². The van der Waals surface area contributed by atoms with E-state index in [1.807, 2.05) is 14.7 Å². The molecule has 0 aromatic carbocycles. The Bertz CT molecular complexity index is 634. The SMILES string of the molecule is CO[Si](OC)(OC)O[SiH3].O=C1C=C(N2CC2)C(=O)C(N2CC2)=C1N1CC1. The molecule has 0 saturated carbocycles. The summed E-state index contributed by atoms with van der Waals surface area (Å²) in [6.45, 7) is 5.41. The highest BCUT2D eigenvalue weighted by Gasteiger charge is 2.43. The van der Waals surface area contributed by atoms with Crippen LogP contribution in [-0.4, -0.2) is 106 Å². The molecule has 4 rings (SSSR count). The lowest BCUT2D eigenvalue weighted by atomic mass is 10.0. The summed E-state index contributed by atoms with van der Waals surface area (Å²) in [6, 6.07) is 0. The normalized spacial score (nSPS) is 21.7. The number of Topliss-reactive ketones (excluding diaryl/α,β-unsaturated/α-hetero) is 1. The Morgan fingerprint density at radius 3 is 1.65 bits per heavy atom. The highest BCUT2D eigenvalue weighted by molar-refractivity contribution is 6.57. The van der Waals surface area contributed by atoms with Crippen molar-refractivity contribution in [1.29, 1.82) is 0 Å². The number of carbonyl (C=O) groups is 2. The van der Waals surface area contributed by atoms with Gasteiger partial charge < -0.3 is 32.1 Å². The van der Waals surface area contributed by atoms with E-state index in [2.05, 4.69) is 0 Å². The fourth-order valence-corrected chi connectivity index (χ4v) is 5.28. The number of hydrogen-bond donors (Lipinski definition) is 0. The molecular formula is C15H25N3O6Si2. The molecule has 3 fully saturated rings. The zero-order valence-corrected chi connectivity index (χ0v) is 18.6. The minimum absolute atomic E-state index is 0.00546. The zero-order chi connectivity index (χ0) is 18.9. The van der Waals surface area contributed by atoms with Gasteiger partial charge in [0.25, 0.3) is 0 Å². The first-order chi connectivity index (χ1) is 12.5. The molecule has 0 aromatic heterocycles. The van der Waals surface area contributed by atoms with E-state index in [1.54, 1.807) is 0 Å². The van der Waals surface area contributed by atoms with E-state index in [1.165, 1.54) is 27.4 Å². The van der Waals surface area contributed by atoms with Gasteiger partial charge in [0, 0.05) is 66.7 Å². The van der Waals surface area contributed by atoms with Crippen molar-refractivity contribution in [3.8, 4) is 0 Å². The Kier molecular flexibility index (Phi) is 5.65. The molecule has 0 spiro atoms. The largest absolute Gasteiger partial charge is 0.667 e. The second-order valence-electron chi connectivity index (χ2n) is 6.20. The zero-order valence-electron chi connectivity index (χ0n) is 15.6. The van der Waals surface area contributed by atoms with Gasteiger partial charge in [-0.05, 0) is 0 Å². The molecule has 144 valence electrons. The van der Waals surface area contributed by atoms with E-state index in [0.29, 0.717) is 27.6 Å². The molecule has 26 heavy (non-hydrogen) atoms. The van der Waals surface area contributed by atoms with Crippen LogP contribution < -0.4 is 0 Å². The quantitative estimate of drug-likeness (QED) is 0.270. The molecule has 0 radical (unpaired) electrons. The summed E-state index contributed by atoms with van der Waals surface area (Å²) in [4.78, 5) is 30.5. The molecule has 4 aliphatic rings. The van der Waals surface area contributed by atoms with Crippen LogP contribution in [0.3, 0.4) is 0 Å². The molecule has 0 atom stereocenters. The third-order valence-corrected chi connectivity index (χ3v) is 7.99. The molecule has 0 amide bonds. The van der Waals surface area contributed by atoms with Crippen LogP contribution in [0.15, 0.2) is 23.2 Å². The topological polar surface area (TPSA) is 80.1 Å². The second kappa shape index (κ2) is 7.62. The van der Waals surface area contributed by atoms with Crippen LogP contribution in [0.4, 0.5) is 0 Å². The summed E-state index contributed by atoms with van der Waals surface area (Å²) in [6.07, 6.45) is 1.52. The molecule has 3 aliphatic heterocycles. The van der Waals surface area contributed by atoms with E-state index in [-0.39, 0.29) is 11.6 Å². The van der Waals surface area contributed by atoms with Crippen LogP contribution in [0.1, 0.15) is 0 Å². The number of carbonyl (C=O) groups excluding carboxylic acids is 2. The Morgan fingerprint density at radius 1 is 0.846 bits per heavy atom. The van der Waals surface area contributed by atoms with Crippen LogP contribution in [0.2, 0.25) is 0 Å². The summed E-state index contributed by atoms with van der Waals surface area (Å²) >= 11 is 0. The first-order valence-corrected chi connectivity index (χ1v) is 11.0. The molecule has 3 heterocycles. The van der Waals surface area contributed by atoms with Gasteiger partial charge in [-0.3, -0.25) is 9.59 Å². The summed E-state index contributed by atoms with van der Waals surface area (Å²) in [5.74, 6) is 0.0485. The van der Waals surface area contributed by atoms with Gasteiger partial charge in [0.15, 0.2) is 0 Å². The Labute approximate surface area is 157 Å². The average Bonchev–Trinajstić information content (AvgIpc) is 3.52. The molecule has 0 unspecified atom stereocenters. The van der Waals surface area contributed by atoms with E-state index < -0.39 is 9.05 Å². The monoisotopic (exact) mass is 399 g/mol. The van der Waals surface area contributed by atoms with E-state index in [4.69, 9.17) is 17.4 Å².